The second kappa shape index (κ2) is 10.5. The van der Waals surface area contributed by atoms with Crippen LogP contribution >= 0.6 is 23.2 Å². The van der Waals surface area contributed by atoms with Crippen LogP contribution in [0.4, 0.5) is 0 Å². The zero-order valence-corrected chi connectivity index (χ0v) is 17.5. The molecule has 1 aromatic rings. The molecule has 0 aromatic heterocycles. The fourth-order valence-electron chi connectivity index (χ4n) is 3.72. The van der Waals surface area contributed by atoms with Gasteiger partial charge in [-0.1, -0.05) is 36.2 Å². The van der Waals surface area contributed by atoms with E-state index >= 15 is 0 Å². The number of carbonyl (C=O) groups excluding carboxylic acids is 1. The van der Waals surface area contributed by atoms with Gasteiger partial charge < -0.3 is 9.80 Å². The Morgan fingerprint density at radius 2 is 1.96 bits per heavy atom. The fraction of sp³-hybridized carbons (Fsp3) is 0.619. The van der Waals surface area contributed by atoms with Crippen LogP contribution in [0.15, 0.2) is 18.2 Å². The monoisotopic (exact) mass is 397 g/mol. The molecule has 2 rings (SSSR count). The molecule has 5 heteroatoms. The second-order valence-electron chi connectivity index (χ2n) is 7.16. The standard InChI is InChI=1S/C21H31Cl2N2O/c1-4-6-21(26)25(5-2)18-10-13-24(14-11-18)12-9-16(3)17-7-8-19(22)20(23)15-17/h7-8,15-16,18H,3-6,9-14H2,1-2H3. The summed E-state index contributed by atoms with van der Waals surface area (Å²) in [5.41, 5.74) is 1.14. The summed E-state index contributed by atoms with van der Waals surface area (Å²) in [4.78, 5) is 16.8. The van der Waals surface area contributed by atoms with E-state index in [0.29, 0.717) is 28.4 Å². The predicted octanol–water partition coefficient (Wildman–Crippen LogP) is 5.41. The Kier molecular flexibility index (Phi) is 8.72. The second-order valence-corrected chi connectivity index (χ2v) is 7.98. The number of benzene rings is 1. The Bertz CT molecular complexity index is 585. The Morgan fingerprint density at radius 3 is 2.54 bits per heavy atom. The molecule has 3 nitrogen and oxygen atoms in total. The molecule has 1 fully saturated rings. The topological polar surface area (TPSA) is 23.6 Å². The van der Waals surface area contributed by atoms with Crippen molar-refractivity contribution in [1.82, 2.24) is 9.80 Å². The van der Waals surface area contributed by atoms with Gasteiger partial charge in [0.05, 0.1) is 10.0 Å². The molecule has 1 atom stereocenters. The third-order valence-electron chi connectivity index (χ3n) is 5.33. The number of piperidine rings is 1. The molecule has 0 N–H and O–H groups in total. The minimum Gasteiger partial charge on any atom is -0.340 e. The molecule has 145 valence electrons. The van der Waals surface area contributed by atoms with Gasteiger partial charge >= 0.3 is 0 Å². The van der Waals surface area contributed by atoms with Gasteiger partial charge in [-0.05, 0) is 69.7 Å². The Hall–Kier alpha value is -0.770. The quantitative estimate of drug-likeness (QED) is 0.584. The maximum atomic E-state index is 12.3. The van der Waals surface area contributed by atoms with Crippen molar-refractivity contribution in [1.29, 1.82) is 0 Å². The van der Waals surface area contributed by atoms with Crippen LogP contribution in [0.25, 0.3) is 0 Å². The van der Waals surface area contributed by atoms with Crippen molar-refractivity contribution >= 4 is 29.1 Å². The lowest BCUT2D eigenvalue weighted by atomic mass is 9.96. The average Bonchev–Trinajstić information content (AvgIpc) is 2.64. The average molecular weight is 398 g/mol. The van der Waals surface area contributed by atoms with Crippen LogP contribution in [0.2, 0.25) is 10.0 Å². The van der Waals surface area contributed by atoms with Gasteiger partial charge in [0.2, 0.25) is 5.91 Å². The van der Waals surface area contributed by atoms with E-state index in [1.54, 1.807) is 0 Å². The summed E-state index contributed by atoms with van der Waals surface area (Å²) in [5, 5.41) is 1.18. The molecular weight excluding hydrogens is 367 g/mol. The van der Waals surface area contributed by atoms with Crippen LogP contribution in [0.5, 0.6) is 0 Å². The van der Waals surface area contributed by atoms with Crippen molar-refractivity contribution in [2.24, 2.45) is 0 Å². The van der Waals surface area contributed by atoms with Crippen LogP contribution in [0.3, 0.4) is 0 Å². The molecule has 1 aliphatic heterocycles. The van der Waals surface area contributed by atoms with E-state index in [1.165, 1.54) is 0 Å². The highest BCUT2D eigenvalue weighted by molar-refractivity contribution is 6.42. The number of nitrogens with zero attached hydrogens (tertiary/aromatic N) is 2. The van der Waals surface area contributed by atoms with Gasteiger partial charge in [-0.2, -0.15) is 0 Å². The first-order valence-corrected chi connectivity index (χ1v) is 10.5. The lowest BCUT2D eigenvalue weighted by Crippen LogP contribution is -2.47. The summed E-state index contributed by atoms with van der Waals surface area (Å²) < 4.78 is 0. The zero-order chi connectivity index (χ0) is 19.1. The van der Waals surface area contributed by atoms with E-state index in [-0.39, 0.29) is 5.92 Å². The van der Waals surface area contributed by atoms with Crippen LogP contribution in [-0.4, -0.2) is 47.9 Å². The molecule has 1 unspecified atom stereocenters. The number of hydrogen-bond acceptors (Lipinski definition) is 2. The minimum atomic E-state index is 0.209. The van der Waals surface area contributed by atoms with E-state index in [2.05, 4.69) is 30.6 Å². The molecule has 0 spiro atoms. The number of rotatable bonds is 8. The van der Waals surface area contributed by atoms with Gasteiger partial charge in [0.25, 0.3) is 0 Å². The number of likely N-dealkylation sites (tertiary alicyclic amines) is 1. The highest BCUT2D eigenvalue weighted by Gasteiger charge is 2.26. The Balaban J connectivity index is 1.79. The molecule has 1 amide bonds. The molecule has 0 saturated carbocycles. The van der Waals surface area contributed by atoms with E-state index < -0.39 is 0 Å². The first kappa shape index (κ1) is 21.5. The van der Waals surface area contributed by atoms with E-state index in [0.717, 1.165) is 57.4 Å². The third kappa shape index (κ3) is 5.87. The predicted molar refractivity (Wildman–Crippen MR) is 111 cm³/mol. The van der Waals surface area contributed by atoms with E-state index in [1.807, 2.05) is 18.2 Å². The summed E-state index contributed by atoms with van der Waals surface area (Å²) in [6.45, 7) is 12.4. The van der Waals surface area contributed by atoms with Crippen LogP contribution < -0.4 is 0 Å². The van der Waals surface area contributed by atoms with Crippen molar-refractivity contribution in [2.45, 2.75) is 57.9 Å². The molecule has 1 aromatic carbocycles. The molecular formula is C21H31Cl2N2O. The van der Waals surface area contributed by atoms with Gasteiger partial charge in [-0.3, -0.25) is 4.79 Å². The smallest absolute Gasteiger partial charge is 0.222 e. The van der Waals surface area contributed by atoms with Gasteiger partial charge in [0.1, 0.15) is 0 Å². The van der Waals surface area contributed by atoms with Gasteiger partial charge in [0, 0.05) is 32.1 Å². The fourth-order valence-corrected chi connectivity index (χ4v) is 4.03. The lowest BCUT2D eigenvalue weighted by molar-refractivity contribution is -0.134. The van der Waals surface area contributed by atoms with Crippen LogP contribution in [-0.2, 0) is 4.79 Å². The molecule has 0 aliphatic carbocycles. The maximum Gasteiger partial charge on any atom is 0.222 e. The first-order valence-electron chi connectivity index (χ1n) is 9.76. The molecule has 1 saturated heterocycles. The van der Waals surface area contributed by atoms with Crippen molar-refractivity contribution in [2.75, 3.05) is 26.2 Å². The van der Waals surface area contributed by atoms with E-state index in [9.17, 15) is 4.79 Å². The summed E-state index contributed by atoms with van der Waals surface area (Å²) in [5.74, 6) is 0.520. The van der Waals surface area contributed by atoms with Crippen molar-refractivity contribution in [3.63, 3.8) is 0 Å². The summed E-state index contributed by atoms with van der Waals surface area (Å²) >= 11 is 12.1. The number of hydrogen-bond donors (Lipinski definition) is 0. The summed E-state index contributed by atoms with van der Waals surface area (Å²) in [7, 11) is 0. The Labute approximate surface area is 168 Å². The summed E-state index contributed by atoms with van der Waals surface area (Å²) in [6, 6.07) is 6.18. The summed E-state index contributed by atoms with van der Waals surface area (Å²) in [6.07, 6.45) is 4.72. The Morgan fingerprint density at radius 1 is 1.27 bits per heavy atom. The lowest BCUT2D eigenvalue weighted by Gasteiger charge is -2.38. The molecule has 1 heterocycles. The highest BCUT2D eigenvalue weighted by atomic mass is 35.5. The van der Waals surface area contributed by atoms with E-state index in [4.69, 9.17) is 23.2 Å². The molecule has 0 bridgehead atoms. The van der Waals surface area contributed by atoms with Crippen molar-refractivity contribution in [3.05, 3.63) is 40.7 Å². The molecule has 1 radical (unpaired) electrons. The molecule has 26 heavy (non-hydrogen) atoms. The highest BCUT2D eigenvalue weighted by Crippen LogP contribution is 2.28. The molecule has 1 aliphatic rings. The van der Waals surface area contributed by atoms with Crippen molar-refractivity contribution < 1.29 is 4.79 Å². The number of amides is 1. The third-order valence-corrected chi connectivity index (χ3v) is 6.07. The van der Waals surface area contributed by atoms with Crippen LogP contribution in [0, 0.1) is 6.92 Å². The maximum absolute atomic E-state index is 12.3. The minimum absolute atomic E-state index is 0.209. The zero-order valence-electron chi connectivity index (χ0n) is 16.0. The van der Waals surface area contributed by atoms with Gasteiger partial charge in [0.15, 0.2) is 0 Å². The SMILES string of the molecule is [CH2]C(CCN1CCC(N(CC)C(=O)CCC)CC1)c1ccc(Cl)c(Cl)c1. The van der Waals surface area contributed by atoms with Crippen LogP contribution in [0.1, 0.15) is 57.4 Å². The number of carbonyl (C=O) groups is 1. The first-order chi connectivity index (χ1) is 12.5. The van der Waals surface area contributed by atoms with Gasteiger partial charge in [-0.15, -0.1) is 0 Å². The van der Waals surface area contributed by atoms with Gasteiger partial charge in [-0.25, -0.2) is 0 Å². The largest absolute Gasteiger partial charge is 0.340 e. The van der Waals surface area contributed by atoms with Crippen molar-refractivity contribution in [3.8, 4) is 0 Å². The normalized spacial score (nSPS) is 17.3. The number of halogens is 2.